The summed E-state index contributed by atoms with van der Waals surface area (Å²) in [6.07, 6.45) is 1.51. The van der Waals surface area contributed by atoms with Crippen LogP contribution in [0.5, 0.6) is 11.5 Å². The fraction of sp³-hybridized carbons (Fsp3) is 0.389. The molecule has 0 bridgehead atoms. The van der Waals surface area contributed by atoms with Crippen molar-refractivity contribution in [2.24, 2.45) is 0 Å². The third-order valence-electron chi connectivity index (χ3n) is 4.04. The van der Waals surface area contributed by atoms with E-state index < -0.39 is 0 Å². The van der Waals surface area contributed by atoms with E-state index in [4.69, 9.17) is 9.47 Å². The van der Waals surface area contributed by atoms with E-state index in [1.807, 2.05) is 39.0 Å². The van der Waals surface area contributed by atoms with Crippen LogP contribution in [0.3, 0.4) is 0 Å². The number of rotatable bonds is 5. The number of hydrogen-bond acceptors (Lipinski definition) is 6. The summed E-state index contributed by atoms with van der Waals surface area (Å²) in [5, 5.41) is 7.42. The fourth-order valence-corrected chi connectivity index (χ4v) is 3.06. The Morgan fingerprint density at radius 2 is 2.08 bits per heavy atom. The van der Waals surface area contributed by atoms with Gasteiger partial charge in [-0.15, -0.1) is 0 Å². The molecule has 2 aromatic rings. The lowest BCUT2D eigenvalue weighted by molar-refractivity contribution is -0.114. The largest absolute Gasteiger partial charge is 0.493 e. The molecule has 1 aromatic heterocycles. The first-order valence-corrected chi connectivity index (χ1v) is 8.15. The number of Topliss-reactive ketones (excluding diaryl/α,β-unsaturated/α-hetero) is 1. The molecule has 0 fully saturated rings. The van der Waals surface area contributed by atoms with Crippen LogP contribution in [0.1, 0.15) is 39.3 Å². The average molecular weight is 342 g/mol. The molecule has 0 radical (unpaired) electrons. The number of carbonyl (C=O) groups excluding carboxylic acids is 1. The summed E-state index contributed by atoms with van der Waals surface area (Å²) < 4.78 is 13.0. The number of aromatic nitrogens is 3. The molecule has 0 saturated heterocycles. The van der Waals surface area contributed by atoms with E-state index in [0.717, 1.165) is 11.3 Å². The molecular formula is C18H22N4O3. The Hall–Kier alpha value is -2.83. The van der Waals surface area contributed by atoms with Crippen LogP contribution in [0, 0.1) is 0 Å². The van der Waals surface area contributed by atoms with Crippen LogP contribution < -0.4 is 14.8 Å². The summed E-state index contributed by atoms with van der Waals surface area (Å²) in [5.74, 6) is 1.87. The molecule has 3 rings (SSSR count). The van der Waals surface area contributed by atoms with Gasteiger partial charge < -0.3 is 14.8 Å². The van der Waals surface area contributed by atoms with Crippen LogP contribution in [0.15, 0.2) is 35.8 Å². The third kappa shape index (κ3) is 3.09. The number of nitrogens with zero attached hydrogens (tertiary/aromatic N) is 3. The zero-order chi connectivity index (χ0) is 18.1. The lowest BCUT2D eigenvalue weighted by Crippen LogP contribution is -2.27. The number of benzene rings is 1. The van der Waals surface area contributed by atoms with Gasteiger partial charge in [0.15, 0.2) is 17.3 Å². The molecule has 1 atom stereocenters. The van der Waals surface area contributed by atoms with Crippen LogP contribution in [0.4, 0.5) is 5.95 Å². The van der Waals surface area contributed by atoms with Crippen molar-refractivity contribution >= 4 is 11.7 Å². The molecule has 0 spiro atoms. The molecule has 1 unspecified atom stereocenters. The van der Waals surface area contributed by atoms with E-state index in [1.54, 1.807) is 18.7 Å². The number of anilines is 1. The van der Waals surface area contributed by atoms with Gasteiger partial charge in [0.1, 0.15) is 12.4 Å². The second kappa shape index (κ2) is 6.58. The van der Waals surface area contributed by atoms with Crippen LogP contribution >= 0.6 is 0 Å². The molecule has 2 heterocycles. The fourth-order valence-electron chi connectivity index (χ4n) is 3.06. The summed E-state index contributed by atoms with van der Waals surface area (Å²) in [4.78, 5) is 16.5. The predicted octanol–water partition coefficient (Wildman–Crippen LogP) is 2.95. The Morgan fingerprint density at radius 1 is 1.32 bits per heavy atom. The maximum atomic E-state index is 12.3. The topological polar surface area (TPSA) is 78.3 Å². The highest BCUT2D eigenvalue weighted by atomic mass is 16.5. The van der Waals surface area contributed by atoms with Crippen molar-refractivity contribution in [1.82, 2.24) is 14.8 Å². The van der Waals surface area contributed by atoms with Crippen molar-refractivity contribution in [3.05, 3.63) is 41.4 Å². The van der Waals surface area contributed by atoms with Gasteiger partial charge in [0, 0.05) is 11.3 Å². The smallest absolute Gasteiger partial charge is 0.226 e. The molecule has 1 N–H and O–H groups in total. The number of hydrogen-bond donors (Lipinski definition) is 1. The Labute approximate surface area is 146 Å². The van der Waals surface area contributed by atoms with Gasteiger partial charge in [-0.05, 0) is 45.4 Å². The summed E-state index contributed by atoms with van der Waals surface area (Å²) in [6, 6.07) is 5.31. The number of allylic oxidation sites excluding steroid dienone is 2. The minimum Gasteiger partial charge on any atom is -0.493 e. The third-order valence-corrected chi connectivity index (χ3v) is 4.04. The highest BCUT2D eigenvalue weighted by Gasteiger charge is 2.32. The van der Waals surface area contributed by atoms with Crippen molar-refractivity contribution in [3.63, 3.8) is 0 Å². The van der Waals surface area contributed by atoms with E-state index in [1.165, 1.54) is 6.33 Å². The molecule has 7 nitrogen and oxygen atoms in total. The first-order valence-electron chi connectivity index (χ1n) is 8.15. The van der Waals surface area contributed by atoms with Crippen molar-refractivity contribution < 1.29 is 14.3 Å². The first-order chi connectivity index (χ1) is 11.9. The zero-order valence-corrected chi connectivity index (χ0v) is 15.0. The minimum absolute atomic E-state index is 0.0161. The van der Waals surface area contributed by atoms with Crippen LogP contribution in [0.2, 0.25) is 0 Å². The van der Waals surface area contributed by atoms with Gasteiger partial charge in [0.05, 0.1) is 13.2 Å². The summed E-state index contributed by atoms with van der Waals surface area (Å²) in [5.41, 5.74) is 2.31. The molecule has 7 heteroatoms. The van der Waals surface area contributed by atoms with E-state index in [2.05, 4.69) is 15.4 Å². The highest BCUT2D eigenvalue weighted by Crippen LogP contribution is 2.38. The number of ketones is 1. The highest BCUT2D eigenvalue weighted by molar-refractivity contribution is 5.96. The van der Waals surface area contributed by atoms with Gasteiger partial charge in [-0.1, -0.05) is 6.07 Å². The van der Waals surface area contributed by atoms with Gasteiger partial charge in [0.2, 0.25) is 5.95 Å². The molecule has 0 saturated carbocycles. The second-order valence-corrected chi connectivity index (χ2v) is 6.23. The van der Waals surface area contributed by atoms with Gasteiger partial charge in [-0.2, -0.15) is 10.1 Å². The SMILES string of the molecule is COc1cc(C2C(C(C)=O)=C(C)Nc3ncnn32)ccc1OC(C)C. The number of nitrogens with one attached hydrogen (secondary N) is 1. The quantitative estimate of drug-likeness (QED) is 0.900. The number of ether oxygens (including phenoxy) is 2. The molecule has 25 heavy (non-hydrogen) atoms. The zero-order valence-electron chi connectivity index (χ0n) is 15.0. The van der Waals surface area contributed by atoms with Gasteiger partial charge in [-0.3, -0.25) is 4.79 Å². The summed E-state index contributed by atoms with van der Waals surface area (Å²) in [6.45, 7) is 7.35. The number of carbonyl (C=O) groups is 1. The maximum absolute atomic E-state index is 12.3. The molecule has 1 aliphatic rings. The minimum atomic E-state index is -0.363. The van der Waals surface area contributed by atoms with Crippen molar-refractivity contribution in [3.8, 4) is 11.5 Å². The Bertz CT molecular complexity index is 839. The normalized spacial score (nSPS) is 16.5. The molecule has 0 amide bonds. The molecule has 0 aliphatic carbocycles. The Kier molecular flexibility index (Phi) is 4.48. The average Bonchev–Trinajstić information content (AvgIpc) is 3.01. The van der Waals surface area contributed by atoms with E-state index >= 15 is 0 Å². The van der Waals surface area contributed by atoms with Gasteiger partial charge >= 0.3 is 0 Å². The predicted molar refractivity (Wildman–Crippen MR) is 93.9 cm³/mol. The lowest BCUT2D eigenvalue weighted by atomic mass is 9.93. The summed E-state index contributed by atoms with van der Waals surface area (Å²) >= 11 is 0. The molecular weight excluding hydrogens is 320 g/mol. The first kappa shape index (κ1) is 17.0. The Morgan fingerprint density at radius 3 is 2.72 bits per heavy atom. The van der Waals surface area contributed by atoms with Crippen LogP contribution in [-0.4, -0.2) is 33.8 Å². The van der Waals surface area contributed by atoms with Crippen molar-refractivity contribution in [2.45, 2.75) is 39.8 Å². The van der Waals surface area contributed by atoms with E-state index in [9.17, 15) is 4.79 Å². The molecule has 1 aliphatic heterocycles. The van der Waals surface area contributed by atoms with Gasteiger partial charge in [0.25, 0.3) is 0 Å². The standard InChI is InChI=1S/C18H22N4O3/c1-10(2)25-14-7-6-13(8-15(14)24-5)17-16(12(4)23)11(3)21-18-19-9-20-22(17)18/h6-10,17H,1-5H3,(H,19,20,21). The van der Waals surface area contributed by atoms with Crippen molar-refractivity contribution in [2.75, 3.05) is 12.4 Å². The van der Waals surface area contributed by atoms with E-state index in [-0.39, 0.29) is 17.9 Å². The second-order valence-electron chi connectivity index (χ2n) is 6.23. The van der Waals surface area contributed by atoms with E-state index in [0.29, 0.717) is 23.0 Å². The molecule has 1 aromatic carbocycles. The lowest BCUT2D eigenvalue weighted by Gasteiger charge is -2.28. The maximum Gasteiger partial charge on any atom is 0.226 e. The van der Waals surface area contributed by atoms with Gasteiger partial charge in [-0.25, -0.2) is 4.68 Å². The monoisotopic (exact) mass is 342 g/mol. The Balaban J connectivity index is 2.12. The van der Waals surface area contributed by atoms with Crippen LogP contribution in [-0.2, 0) is 4.79 Å². The molecule has 132 valence electrons. The summed E-state index contributed by atoms with van der Waals surface area (Å²) in [7, 11) is 1.60. The van der Waals surface area contributed by atoms with Crippen LogP contribution in [0.25, 0.3) is 0 Å². The van der Waals surface area contributed by atoms with Crippen molar-refractivity contribution in [1.29, 1.82) is 0 Å². The number of fused-ring (bicyclic) bond motifs is 1. The number of methoxy groups -OCH3 is 1.